The standard InChI is InChI=1S/C34H44N6O8/c1-21-8-6-13-35-29(42)11-10-23(3)31(24(4)19-47-34(45)37-28-12-15-39(5)38-28)48-33(44)27-9-7-14-40(27)32(43)26-20-46-30(36-26)18-22(2)17-25(41)16-21/h6,8,10-12,15-16,20,23-25,27,31,41H,2,7,9,13-14,17-19H2,1,3-5H3,(H,35,42)(H,37,38,45)/b8-6+,11-10+,21-16+/t23-,24-,25-,27-,31+/m1/s1. The summed E-state index contributed by atoms with van der Waals surface area (Å²) in [5, 5.41) is 19.9. The molecule has 2 bridgehead atoms. The molecule has 1 fully saturated rings. The lowest BCUT2D eigenvalue weighted by Crippen LogP contribution is -2.44. The Morgan fingerprint density at radius 1 is 1.29 bits per heavy atom. The fraction of sp³-hybridized carbons (Fsp3) is 0.471. The topological polar surface area (TPSA) is 178 Å². The summed E-state index contributed by atoms with van der Waals surface area (Å²) in [5.74, 6) is -1.82. The molecule has 1 saturated heterocycles. The van der Waals surface area contributed by atoms with Crippen LogP contribution in [-0.2, 0) is 32.5 Å². The van der Waals surface area contributed by atoms with Gasteiger partial charge < -0.3 is 29.2 Å². The van der Waals surface area contributed by atoms with E-state index in [9.17, 15) is 24.3 Å². The number of anilines is 1. The number of allylic oxidation sites excluding steroid dienone is 2. The van der Waals surface area contributed by atoms with Gasteiger partial charge in [-0.15, -0.1) is 0 Å². The quantitative estimate of drug-likeness (QED) is 0.324. The maximum absolute atomic E-state index is 13.6. The van der Waals surface area contributed by atoms with Crippen LogP contribution in [-0.4, -0.2) is 86.6 Å². The van der Waals surface area contributed by atoms with E-state index in [-0.39, 0.29) is 43.5 Å². The molecule has 2 aromatic rings. The summed E-state index contributed by atoms with van der Waals surface area (Å²) in [5.41, 5.74) is 1.51. The summed E-state index contributed by atoms with van der Waals surface area (Å²) in [6.45, 7) is 9.87. The third kappa shape index (κ3) is 10.3. The highest BCUT2D eigenvalue weighted by Crippen LogP contribution is 2.26. The molecule has 48 heavy (non-hydrogen) atoms. The Labute approximate surface area is 279 Å². The van der Waals surface area contributed by atoms with Crippen LogP contribution in [0.25, 0.3) is 0 Å². The largest absolute Gasteiger partial charge is 0.460 e. The van der Waals surface area contributed by atoms with Crippen molar-refractivity contribution >= 4 is 29.7 Å². The number of fused-ring (bicyclic) bond motifs is 3. The van der Waals surface area contributed by atoms with E-state index in [0.717, 1.165) is 5.57 Å². The van der Waals surface area contributed by atoms with Crippen molar-refractivity contribution in [2.75, 3.05) is 25.0 Å². The first-order valence-electron chi connectivity index (χ1n) is 15.9. The minimum Gasteiger partial charge on any atom is -0.460 e. The number of amides is 3. The molecule has 0 unspecified atom stereocenters. The third-order valence-electron chi connectivity index (χ3n) is 7.99. The maximum atomic E-state index is 13.6. The molecule has 5 atom stereocenters. The van der Waals surface area contributed by atoms with Crippen LogP contribution in [0.2, 0.25) is 0 Å². The molecule has 3 N–H and O–H groups in total. The number of ether oxygens (including phenoxy) is 2. The van der Waals surface area contributed by atoms with Crippen molar-refractivity contribution in [3.8, 4) is 0 Å². The second-order valence-corrected chi connectivity index (χ2v) is 12.2. The third-order valence-corrected chi connectivity index (χ3v) is 7.99. The number of oxazole rings is 1. The Morgan fingerprint density at radius 2 is 2.08 bits per heavy atom. The number of rotatable bonds is 4. The number of carbonyl (C=O) groups excluding carboxylic acids is 4. The normalized spacial score (nSPS) is 26.4. The van der Waals surface area contributed by atoms with Gasteiger partial charge in [0.15, 0.2) is 17.4 Å². The van der Waals surface area contributed by atoms with Crippen molar-refractivity contribution in [1.82, 2.24) is 25.0 Å². The van der Waals surface area contributed by atoms with Gasteiger partial charge in [0, 0.05) is 50.7 Å². The van der Waals surface area contributed by atoms with Gasteiger partial charge in [0.2, 0.25) is 5.91 Å². The van der Waals surface area contributed by atoms with Crippen LogP contribution < -0.4 is 10.6 Å². The van der Waals surface area contributed by atoms with Crippen molar-refractivity contribution < 1.29 is 38.2 Å². The Kier molecular flexibility index (Phi) is 12.5. The van der Waals surface area contributed by atoms with Crippen molar-refractivity contribution in [3.63, 3.8) is 0 Å². The molecular formula is C34H44N6O8. The molecule has 0 radical (unpaired) electrons. The average molecular weight is 665 g/mol. The number of nitrogens with zero attached hydrogens (tertiary/aromatic N) is 4. The summed E-state index contributed by atoms with van der Waals surface area (Å²) in [4.78, 5) is 57.9. The molecule has 4 heterocycles. The zero-order valence-corrected chi connectivity index (χ0v) is 27.8. The molecule has 14 heteroatoms. The van der Waals surface area contributed by atoms with E-state index in [2.05, 4.69) is 27.3 Å². The lowest BCUT2D eigenvalue weighted by Gasteiger charge is -2.30. The molecule has 0 saturated carbocycles. The lowest BCUT2D eigenvalue weighted by molar-refractivity contribution is -0.159. The number of aryl methyl sites for hydroxylation is 1. The molecular weight excluding hydrogens is 620 g/mol. The van der Waals surface area contributed by atoms with Crippen molar-refractivity contribution in [1.29, 1.82) is 0 Å². The second-order valence-electron chi connectivity index (χ2n) is 12.2. The zero-order chi connectivity index (χ0) is 34.8. The Balaban J connectivity index is 1.54. The SMILES string of the molecule is C=C1Cc2nc(co2)C(=O)N2CCC[C@@H]2C(=O)O[C@H]([C@H](C)COC(=O)Nc2ccn(C)n2)[C@H](C)/C=C/C(=O)NC/C=C/C(C)=C/[C@@H](O)C1. The molecule has 0 aromatic carbocycles. The number of aliphatic hydroxyl groups is 1. The van der Waals surface area contributed by atoms with E-state index in [1.807, 2.05) is 6.92 Å². The average Bonchev–Trinajstić information content (AvgIpc) is 3.80. The smallest absolute Gasteiger partial charge is 0.412 e. The van der Waals surface area contributed by atoms with Crippen LogP contribution >= 0.6 is 0 Å². The number of nitrogens with one attached hydrogen (secondary N) is 2. The maximum Gasteiger partial charge on any atom is 0.412 e. The highest BCUT2D eigenvalue weighted by Gasteiger charge is 2.39. The number of hydrogen-bond donors (Lipinski definition) is 3. The van der Waals surface area contributed by atoms with Crippen molar-refractivity contribution in [2.24, 2.45) is 18.9 Å². The lowest BCUT2D eigenvalue weighted by atomic mass is 9.93. The van der Waals surface area contributed by atoms with Crippen LogP contribution in [0.15, 0.2) is 71.0 Å². The van der Waals surface area contributed by atoms with Crippen LogP contribution in [0.3, 0.4) is 0 Å². The monoisotopic (exact) mass is 664 g/mol. The number of carbonyl (C=O) groups is 4. The summed E-state index contributed by atoms with van der Waals surface area (Å²) in [6.07, 6.45) is 10.3. The van der Waals surface area contributed by atoms with E-state index in [1.54, 1.807) is 57.5 Å². The Morgan fingerprint density at radius 3 is 2.83 bits per heavy atom. The first kappa shape index (κ1) is 35.9. The van der Waals surface area contributed by atoms with Crippen LogP contribution in [0.4, 0.5) is 10.6 Å². The number of aliphatic hydroxyl groups excluding tert-OH is 1. The number of esters is 1. The summed E-state index contributed by atoms with van der Waals surface area (Å²) in [6, 6.07) is 0.751. The van der Waals surface area contributed by atoms with Gasteiger partial charge in [-0.1, -0.05) is 55.9 Å². The summed E-state index contributed by atoms with van der Waals surface area (Å²) >= 11 is 0. The molecule has 258 valence electrons. The van der Waals surface area contributed by atoms with Crippen LogP contribution in [0.1, 0.15) is 56.4 Å². The van der Waals surface area contributed by atoms with Crippen molar-refractivity contribution in [2.45, 2.75) is 64.7 Å². The van der Waals surface area contributed by atoms with Crippen LogP contribution in [0, 0.1) is 11.8 Å². The fourth-order valence-corrected chi connectivity index (χ4v) is 5.58. The molecule has 2 aromatic heterocycles. The number of aromatic nitrogens is 3. The number of hydrogen-bond acceptors (Lipinski definition) is 10. The first-order chi connectivity index (χ1) is 22.9. The minimum atomic E-state index is -0.867. The predicted octanol–water partition coefficient (Wildman–Crippen LogP) is 3.48. The van der Waals surface area contributed by atoms with E-state index in [4.69, 9.17) is 13.9 Å². The van der Waals surface area contributed by atoms with Gasteiger partial charge in [0.25, 0.3) is 5.91 Å². The molecule has 3 amide bonds. The first-order valence-corrected chi connectivity index (χ1v) is 15.9. The Hall–Kier alpha value is -4.98. The predicted molar refractivity (Wildman–Crippen MR) is 175 cm³/mol. The van der Waals surface area contributed by atoms with Gasteiger partial charge in [-0.2, -0.15) is 5.10 Å². The van der Waals surface area contributed by atoms with Gasteiger partial charge in [-0.25, -0.2) is 14.6 Å². The van der Waals surface area contributed by atoms with E-state index >= 15 is 0 Å². The van der Waals surface area contributed by atoms with Gasteiger partial charge >= 0.3 is 12.1 Å². The second kappa shape index (κ2) is 16.7. The minimum absolute atomic E-state index is 0.0527. The van der Waals surface area contributed by atoms with Crippen LogP contribution in [0.5, 0.6) is 0 Å². The van der Waals surface area contributed by atoms with E-state index in [1.165, 1.54) is 21.9 Å². The summed E-state index contributed by atoms with van der Waals surface area (Å²) in [7, 11) is 1.72. The van der Waals surface area contributed by atoms with Gasteiger partial charge in [0.1, 0.15) is 18.4 Å². The molecule has 2 aliphatic rings. The van der Waals surface area contributed by atoms with E-state index in [0.29, 0.717) is 30.8 Å². The highest BCUT2D eigenvalue weighted by molar-refractivity contribution is 5.95. The molecule has 0 aliphatic carbocycles. The Bertz CT molecular complexity index is 1570. The van der Waals surface area contributed by atoms with E-state index < -0.39 is 48.1 Å². The highest BCUT2D eigenvalue weighted by atomic mass is 16.6. The number of cyclic esters (lactones) is 1. The molecule has 0 spiro atoms. The van der Waals surface area contributed by atoms with Gasteiger partial charge in [-0.3, -0.25) is 19.6 Å². The fourth-order valence-electron chi connectivity index (χ4n) is 5.58. The molecule has 2 aliphatic heterocycles. The van der Waals surface area contributed by atoms with Crippen molar-refractivity contribution in [3.05, 3.63) is 78.2 Å². The van der Waals surface area contributed by atoms with Gasteiger partial charge in [0.05, 0.1) is 12.7 Å². The molecule has 4 rings (SSSR count). The zero-order valence-electron chi connectivity index (χ0n) is 27.8. The summed E-state index contributed by atoms with van der Waals surface area (Å²) < 4.78 is 18.5. The van der Waals surface area contributed by atoms with Gasteiger partial charge in [-0.05, 0) is 32.3 Å². The molecule has 14 nitrogen and oxygen atoms in total.